The lowest BCUT2D eigenvalue weighted by molar-refractivity contribution is 0.481. The van der Waals surface area contributed by atoms with E-state index in [-0.39, 0.29) is 11.3 Å². The minimum Gasteiger partial charge on any atom is -0.506 e. The first kappa shape index (κ1) is 13.4. The van der Waals surface area contributed by atoms with E-state index >= 15 is 0 Å². The van der Waals surface area contributed by atoms with Crippen LogP contribution < -0.4 is 5.56 Å². The summed E-state index contributed by atoms with van der Waals surface area (Å²) in [5, 5.41) is 9.77. The summed E-state index contributed by atoms with van der Waals surface area (Å²) in [5.74, 6) is 1.47. The van der Waals surface area contributed by atoms with Crippen molar-refractivity contribution in [3.63, 3.8) is 0 Å². The van der Waals surface area contributed by atoms with Crippen LogP contribution in [-0.4, -0.2) is 25.0 Å². The summed E-state index contributed by atoms with van der Waals surface area (Å²) in [6.07, 6.45) is 0. The fourth-order valence-corrected chi connectivity index (χ4v) is 4.05. The molecule has 6 nitrogen and oxygen atoms in total. The van der Waals surface area contributed by atoms with Gasteiger partial charge < -0.3 is 15.1 Å². The van der Waals surface area contributed by atoms with Gasteiger partial charge in [0.25, 0.3) is 5.56 Å². The van der Waals surface area contributed by atoms with E-state index in [1.165, 1.54) is 23.1 Å². The Morgan fingerprint density at radius 1 is 1.23 bits per heavy atom. The lowest BCUT2D eigenvalue weighted by atomic mass is 10.3. The number of imidazole rings is 1. The third kappa shape index (κ3) is 2.36. The van der Waals surface area contributed by atoms with Gasteiger partial charge in [0, 0.05) is 6.07 Å². The Hall–Kier alpha value is -2.32. The normalized spacial score (nSPS) is 11.5. The van der Waals surface area contributed by atoms with Gasteiger partial charge in [-0.25, -0.2) is 9.97 Å². The van der Waals surface area contributed by atoms with Crippen LogP contribution in [0.2, 0.25) is 0 Å². The van der Waals surface area contributed by atoms with Crippen LogP contribution in [0.5, 0.6) is 5.75 Å². The molecule has 4 aromatic rings. The molecule has 0 fully saturated rings. The number of thiazole rings is 1. The van der Waals surface area contributed by atoms with Gasteiger partial charge in [-0.1, -0.05) is 23.9 Å². The Bertz CT molecular complexity index is 1000. The van der Waals surface area contributed by atoms with Gasteiger partial charge in [-0.2, -0.15) is 0 Å². The molecule has 3 aromatic heterocycles. The summed E-state index contributed by atoms with van der Waals surface area (Å²) >= 11 is 2.86. The maximum atomic E-state index is 11.3. The second kappa shape index (κ2) is 5.15. The maximum Gasteiger partial charge on any atom is 0.253 e. The first-order valence-electron chi connectivity index (χ1n) is 6.48. The van der Waals surface area contributed by atoms with E-state index in [0.29, 0.717) is 16.1 Å². The van der Waals surface area contributed by atoms with Crippen LogP contribution in [-0.2, 0) is 5.75 Å². The average Bonchev–Trinajstić information content (AvgIpc) is 3.07. The van der Waals surface area contributed by atoms with Gasteiger partial charge in [-0.05, 0) is 12.1 Å². The van der Waals surface area contributed by atoms with Crippen molar-refractivity contribution in [2.24, 2.45) is 0 Å². The van der Waals surface area contributed by atoms with Crippen LogP contribution in [0.25, 0.3) is 21.4 Å². The van der Waals surface area contributed by atoms with Crippen LogP contribution in [0.15, 0.2) is 39.5 Å². The van der Waals surface area contributed by atoms with E-state index < -0.39 is 0 Å². The summed E-state index contributed by atoms with van der Waals surface area (Å²) in [6.45, 7) is 0. The quantitative estimate of drug-likeness (QED) is 0.502. The molecular weight excluding hydrogens is 320 g/mol. The molecule has 0 atom stereocenters. The molecule has 22 heavy (non-hydrogen) atoms. The van der Waals surface area contributed by atoms with Crippen molar-refractivity contribution in [1.29, 1.82) is 0 Å². The van der Waals surface area contributed by atoms with Crippen LogP contribution in [0, 0.1) is 0 Å². The van der Waals surface area contributed by atoms with E-state index in [9.17, 15) is 9.90 Å². The molecule has 0 amide bonds. The molecule has 0 unspecified atom stereocenters. The number of hydrogen-bond donors (Lipinski definition) is 3. The fraction of sp³-hybridized carbons (Fsp3) is 0.0714. The summed E-state index contributed by atoms with van der Waals surface area (Å²) in [4.78, 5) is 26.0. The zero-order valence-electron chi connectivity index (χ0n) is 11.2. The molecule has 8 heteroatoms. The molecule has 0 aliphatic rings. The second-order valence-electron chi connectivity index (χ2n) is 4.67. The Labute approximate surface area is 132 Å². The predicted octanol–water partition coefficient (Wildman–Crippen LogP) is 2.86. The fourth-order valence-electron chi connectivity index (χ4n) is 2.17. The lowest BCUT2D eigenvalue weighted by Gasteiger charge is -1.92. The summed E-state index contributed by atoms with van der Waals surface area (Å²) in [5.41, 5.74) is 2.00. The van der Waals surface area contributed by atoms with Gasteiger partial charge in [0.1, 0.15) is 16.3 Å². The van der Waals surface area contributed by atoms with E-state index in [1.807, 2.05) is 24.3 Å². The van der Waals surface area contributed by atoms with Gasteiger partial charge in [0.15, 0.2) is 9.99 Å². The highest BCUT2D eigenvalue weighted by Crippen LogP contribution is 2.34. The molecule has 110 valence electrons. The SMILES string of the molecule is O=c1cc(O)c2sc(SCc3nc4ccccc4[nH]3)nc2[nH]1. The number of benzene rings is 1. The Morgan fingerprint density at radius 2 is 2.09 bits per heavy atom. The summed E-state index contributed by atoms with van der Waals surface area (Å²) < 4.78 is 1.36. The summed E-state index contributed by atoms with van der Waals surface area (Å²) in [7, 11) is 0. The highest BCUT2D eigenvalue weighted by Gasteiger charge is 2.11. The molecule has 0 saturated heterocycles. The summed E-state index contributed by atoms with van der Waals surface area (Å²) in [6, 6.07) is 9.02. The number of nitrogens with one attached hydrogen (secondary N) is 2. The first-order valence-corrected chi connectivity index (χ1v) is 8.28. The monoisotopic (exact) mass is 330 g/mol. The highest BCUT2D eigenvalue weighted by molar-refractivity contribution is 8.00. The Balaban J connectivity index is 1.61. The van der Waals surface area contributed by atoms with Crippen molar-refractivity contribution in [1.82, 2.24) is 19.9 Å². The molecule has 4 rings (SSSR count). The molecule has 3 N–H and O–H groups in total. The molecule has 0 radical (unpaired) electrons. The molecule has 0 spiro atoms. The minimum absolute atomic E-state index is 0.0353. The molecule has 0 aliphatic heterocycles. The molecule has 0 bridgehead atoms. The average molecular weight is 330 g/mol. The molecule has 0 aliphatic carbocycles. The van der Waals surface area contributed by atoms with E-state index in [0.717, 1.165) is 27.3 Å². The smallest absolute Gasteiger partial charge is 0.253 e. The van der Waals surface area contributed by atoms with Crippen LogP contribution in [0.1, 0.15) is 5.82 Å². The number of rotatable bonds is 3. The van der Waals surface area contributed by atoms with Gasteiger partial charge in [-0.3, -0.25) is 4.79 Å². The number of aromatic hydroxyl groups is 1. The number of fused-ring (bicyclic) bond motifs is 2. The molecule has 3 heterocycles. The molecule has 0 saturated carbocycles. The predicted molar refractivity (Wildman–Crippen MR) is 87.6 cm³/mol. The Morgan fingerprint density at radius 3 is 2.95 bits per heavy atom. The number of hydrogen-bond acceptors (Lipinski definition) is 6. The molecular formula is C14H10N4O2S2. The van der Waals surface area contributed by atoms with Crippen LogP contribution in [0.4, 0.5) is 0 Å². The number of thioether (sulfide) groups is 1. The van der Waals surface area contributed by atoms with Gasteiger partial charge in [0.2, 0.25) is 0 Å². The van der Waals surface area contributed by atoms with Crippen LogP contribution in [0.3, 0.4) is 0 Å². The number of H-pyrrole nitrogens is 2. The van der Waals surface area contributed by atoms with Gasteiger partial charge in [-0.15, -0.1) is 11.3 Å². The van der Waals surface area contributed by atoms with Crippen molar-refractivity contribution in [2.75, 3.05) is 0 Å². The standard InChI is InChI=1S/C14H10N4O2S2/c19-9-5-11(20)17-13-12(9)22-14(18-13)21-6-10-15-7-3-1-2-4-8(7)16-10/h1-5H,6H2,(H,15,16)(H2,17,19,20). The van der Waals surface area contributed by atoms with E-state index in [4.69, 9.17) is 0 Å². The maximum absolute atomic E-state index is 11.3. The Kier molecular flexibility index (Phi) is 3.12. The minimum atomic E-state index is -0.357. The van der Waals surface area contributed by atoms with Crippen molar-refractivity contribution in [3.8, 4) is 5.75 Å². The zero-order valence-corrected chi connectivity index (χ0v) is 12.8. The van der Waals surface area contributed by atoms with Gasteiger partial charge >= 0.3 is 0 Å². The van der Waals surface area contributed by atoms with Crippen molar-refractivity contribution >= 4 is 44.5 Å². The highest BCUT2D eigenvalue weighted by atomic mass is 32.2. The van der Waals surface area contributed by atoms with Crippen molar-refractivity contribution in [3.05, 3.63) is 46.5 Å². The van der Waals surface area contributed by atoms with Crippen LogP contribution >= 0.6 is 23.1 Å². The van der Waals surface area contributed by atoms with Crippen molar-refractivity contribution in [2.45, 2.75) is 10.1 Å². The van der Waals surface area contributed by atoms with E-state index in [2.05, 4.69) is 19.9 Å². The third-order valence-corrected chi connectivity index (χ3v) is 5.35. The number of aromatic amines is 2. The topological polar surface area (TPSA) is 94.7 Å². The third-order valence-electron chi connectivity index (χ3n) is 3.12. The first-order chi connectivity index (χ1) is 10.7. The zero-order chi connectivity index (χ0) is 15.1. The largest absolute Gasteiger partial charge is 0.506 e. The number of aromatic nitrogens is 4. The number of nitrogens with zero attached hydrogens (tertiary/aromatic N) is 2. The lowest BCUT2D eigenvalue weighted by Crippen LogP contribution is -2.02. The second-order valence-corrected chi connectivity index (χ2v) is 6.89. The van der Waals surface area contributed by atoms with E-state index in [1.54, 1.807) is 0 Å². The van der Waals surface area contributed by atoms with Crippen molar-refractivity contribution < 1.29 is 5.11 Å². The number of para-hydroxylation sites is 2. The molecule has 1 aromatic carbocycles. The number of pyridine rings is 1. The van der Waals surface area contributed by atoms with Gasteiger partial charge in [0.05, 0.1) is 16.8 Å².